The number of hydrogen-bond donors (Lipinski definition) is 0. The molecule has 0 heterocycles. The van der Waals surface area contributed by atoms with Crippen LogP contribution in [-0.2, 0) is 39.6 Å². The van der Waals surface area contributed by atoms with Gasteiger partial charge in [-0.25, -0.2) is 0 Å². The molecule has 0 N–H and O–H groups in total. The van der Waals surface area contributed by atoms with Gasteiger partial charge in [-0.15, -0.1) is 11.5 Å². The van der Waals surface area contributed by atoms with E-state index in [0.29, 0.717) is 19.4 Å². The van der Waals surface area contributed by atoms with Crippen molar-refractivity contribution in [2.24, 2.45) is 0 Å². The third-order valence-corrected chi connectivity index (χ3v) is 13.6. The van der Waals surface area contributed by atoms with Crippen LogP contribution in [-0.4, -0.2) is 80.5 Å². The first-order valence-corrected chi connectivity index (χ1v) is 23.3. The minimum atomic E-state index is -2.30. The number of rotatable bonds is 20. The smallest absolute Gasteiger partial charge is 0.313 e. The fourth-order valence-electron chi connectivity index (χ4n) is 4.40. The number of esters is 1. The van der Waals surface area contributed by atoms with E-state index < -0.39 is 40.7 Å². The van der Waals surface area contributed by atoms with Gasteiger partial charge in [0.1, 0.15) is 26.0 Å². The summed E-state index contributed by atoms with van der Waals surface area (Å²) in [6.45, 7) is 22.0. The monoisotopic (exact) mass is 702 g/mol. The summed E-state index contributed by atoms with van der Waals surface area (Å²) >= 11 is 0. The topological polar surface area (TPSA) is 89.5 Å². The van der Waals surface area contributed by atoms with Crippen LogP contribution >= 0.6 is 0 Å². The molecule has 8 nitrogen and oxygen atoms in total. The number of ether oxygens (including phenoxy) is 5. The molecule has 0 spiro atoms. The molecule has 1 aromatic rings. The maximum atomic E-state index is 12.8. The van der Waals surface area contributed by atoms with E-state index in [1.54, 1.807) is 28.3 Å². The van der Waals surface area contributed by atoms with Crippen molar-refractivity contribution in [1.29, 1.82) is 0 Å². The van der Waals surface area contributed by atoms with E-state index in [1.165, 1.54) is 0 Å². The molecule has 0 aliphatic rings. The van der Waals surface area contributed by atoms with Crippen LogP contribution < -0.4 is 4.74 Å². The van der Waals surface area contributed by atoms with Crippen molar-refractivity contribution in [3.05, 3.63) is 53.6 Å². The van der Waals surface area contributed by atoms with Crippen molar-refractivity contribution < 1.29 is 37.7 Å². The van der Waals surface area contributed by atoms with Gasteiger partial charge in [-0.2, -0.15) is 0 Å². The van der Waals surface area contributed by atoms with Crippen molar-refractivity contribution in [3.8, 4) is 17.2 Å². The quantitative estimate of drug-likeness (QED) is 0.0443. The van der Waals surface area contributed by atoms with Crippen LogP contribution in [0.4, 0.5) is 0 Å². The van der Waals surface area contributed by atoms with E-state index in [1.807, 2.05) is 43.3 Å². The maximum Gasteiger partial charge on any atom is 0.313 e. The average molecular weight is 703 g/mol. The van der Waals surface area contributed by atoms with Crippen LogP contribution in [0.25, 0.3) is 0 Å². The van der Waals surface area contributed by atoms with E-state index in [0.717, 1.165) is 16.9 Å². The first kappa shape index (κ1) is 43.5. The zero-order valence-electron chi connectivity index (χ0n) is 31.9. The number of carbonyl (C=O) groups excluding carboxylic acids is 2. The van der Waals surface area contributed by atoms with Gasteiger partial charge in [0.05, 0.1) is 44.7 Å². The van der Waals surface area contributed by atoms with Crippen molar-refractivity contribution in [2.45, 2.75) is 129 Å². The van der Waals surface area contributed by atoms with Crippen molar-refractivity contribution in [3.63, 3.8) is 0 Å². The van der Waals surface area contributed by atoms with Crippen LogP contribution in [0.3, 0.4) is 0 Å². The van der Waals surface area contributed by atoms with Gasteiger partial charge in [0.15, 0.2) is 8.32 Å². The molecule has 0 saturated carbocycles. The summed E-state index contributed by atoms with van der Waals surface area (Å²) in [5.41, 5.74) is 5.37. The molecule has 0 aromatic heterocycles. The van der Waals surface area contributed by atoms with Gasteiger partial charge in [-0.1, -0.05) is 76.3 Å². The molecule has 4 atom stereocenters. The van der Waals surface area contributed by atoms with E-state index in [9.17, 15) is 9.59 Å². The SMILES string of the molecule is CCOC(=O)CC(=O)C[C@@H](C[C@@H](OCc1ccc(OC)cc1)[C@@H](/C=C(C)/C=C/[C@@H](CC#C[Si](C)(C)C)OC)O[Si](C)(C)C(C)(C)C)OC. The molecular weight excluding hydrogens is 641 g/mol. The summed E-state index contributed by atoms with van der Waals surface area (Å²) in [7, 11) is 1.14. The summed E-state index contributed by atoms with van der Waals surface area (Å²) in [4.78, 5) is 24.8. The second-order valence-electron chi connectivity index (χ2n) is 14.7. The fraction of sp³-hybridized carbons (Fsp3) is 0.632. The molecule has 0 radical (unpaired) electrons. The Hall–Kier alpha value is -2.53. The molecule has 0 amide bonds. The Morgan fingerprint density at radius 2 is 1.62 bits per heavy atom. The van der Waals surface area contributed by atoms with E-state index in [4.69, 9.17) is 28.1 Å². The number of hydrogen-bond acceptors (Lipinski definition) is 8. The zero-order valence-corrected chi connectivity index (χ0v) is 33.9. The molecule has 0 bridgehead atoms. The molecule has 0 aliphatic carbocycles. The minimum Gasteiger partial charge on any atom is -0.497 e. The molecule has 0 fully saturated rings. The Labute approximate surface area is 293 Å². The average Bonchev–Trinajstić information content (AvgIpc) is 2.99. The number of carbonyl (C=O) groups is 2. The highest BCUT2D eigenvalue weighted by Crippen LogP contribution is 2.38. The molecule has 48 heavy (non-hydrogen) atoms. The van der Waals surface area contributed by atoms with Gasteiger partial charge in [0.2, 0.25) is 0 Å². The van der Waals surface area contributed by atoms with Crippen molar-refractivity contribution in [1.82, 2.24) is 0 Å². The predicted octanol–water partition coefficient (Wildman–Crippen LogP) is 8.08. The van der Waals surface area contributed by atoms with Gasteiger partial charge in [0, 0.05) is 33.5 Å². The standard InChI is InChI=1S/C38H62O8Si2/c1-14-44-37(40)26-31(39)25-34(43-8)27-35(45-28-30-18-21-33(42-7)22-19-30)36(46-48(12,13)38(3,4)5)24-29(2)17-20-32(41-6)16-15-23-47(9,10)11/h17-22,24,32,34-36H,14,16,25-28H2,1-13H3/b20-17+,29-24+/t32-,34+,35-,36-/m1/s1. The third-order valence-electron chi connectivity index (χ3n) is 8.23. The molecular formula is C38H62O8Si2. The summed E-state index contributed by atoms with van der Waals surface area (Å²) < 4.78 is 35.5. The van der Waals surface area contributed by atoms with Crippen LogP contribution in [0.1, 0.15) is 65.9 Å². The zero-order chi connectivity index (χ0) is 36.5. The lowest BCUT2D eigenvalue weighted by molar-refractivity contribution is -0.146. The van der Waals surface area contributed by atoms with Crippen LogP contribution in [0, 0.1) is 11.5 Å². The molecule has 0 unspecified atom stereocenters. The Kier molecular flexibility index (Phi) is 18.9. The predicted molar refractivity (Wildman–Crippen MR) is 199 cm³/mol. The highest BCUT2D eigenvalue weighted by molar-refractivity contribution is 6.83. The lowest BCUT2D eigenvalue weighted by Gasteiger charge is -2.41. The van der Waals surface area contributed by atoms with E-state index >= 15 is 0 Å². The summed E-state index contributed by atoms with van der Waals surface area (Å²) in [6.07, 6.45) is 5.40. The van der Waals surface area contributed by atoms with E-state index in [-0.39, 0.29) is 36.4 Å². The van der Waals surface area contributed by atoms with Gasteiger partial charge in [-0.05, 0) is 49.7 Å². The van der Waals surface area contributed by atoms with Gasteiger partial charge in [0.25, 0.3) is 0 Å². The van der Waals surface area contributed by atoms with Gasteiger partial charge in [-0.3, -0.25) is 9.59 Å². The summed E-state index contributed by atoms with van der Waals surface area (Å²) in [5, 5.41) is -0.0597. The Morgan fingerprint density at radius 3 is 2.15 bits per heavy atom. The minimum absolute atomic E-state index is 0.0566. The van der Waals surface area contributed by atoms with Crippen LogP contribution in [0.5, 0.6) is 5.75 Å². The molecule has 1 aromatic carbocycles. The van der Waals surface area contributed by atoms with Gasteiger partial charge < -0.3 is 28.1 Å². The number of Topliss-reactive ketones (excluding diaryl/α,β-unsaturated/α-hetero) is 1. The largest absolute Gasteiger partial charge is 0.497 e. The van der Waals surface area contributed by atoms with E-state index in [2.05, 4.69) is 71.0 Å². The molecule has 0 saturated heterocycles. The Balaban J connectivity index is 3.51. The molecule has 0 aliphatic heterocycles. The van der Waals surface area contributed by atoms with Crippen molar-refractivity contribution in [2.75, 3.05) is 27.9 Å². The second kappa shape index (κ2) is 20.9. The Morgan fingerprint density at radius 1 is 0.979 bits per heavy atom. The molecule has 10 heteroatoms. The third kappa shape index (κ3) is 17.2. The lowest BCUT2D eigenvalue weighted by Crippen LogP contribution is -2.48. The normalized spacial score (nSPS) is 15.3. The Bertz CT molecular complexity index is 1250. The first-order chi connectivity index (χ1) is 22.3. The lowest BCUT2D eigenvalue weighted by atomic mass is 9.99. The van der Waals surface area contributed by atoms with Gasteiger partial charge >= 0.3 is 5.97 Å². The van der Waals surface area contributed by atoms with Crippen LogP contribution in [0.15, 0.2) is 48.1 Å². The summed E-state index contributed by atoms with van der Waals surface area (Å²) in [5.74, 6) is 3.30. The number of benzene rings is 1. The fourth-order valence-corrected chi connectivity index (χ4v) is 6.28. The highest BCUT2D eigenvalue weighted by atomic mass is 28.4. The van der Waals surface area contributed by atoms with Crippen molar-refractivity contribution >= 4 is 28.1 Å². The number of methoxy groups -OCH3 is 3. The number of ketones is 1. The first-order valence-electron chi connectivity index (χ1n) is 16.9. The molecule has 1 rings (SSSR count). The highest BCUT2D eigenvalue weighted by Gasteiger charge is 2.41. The summed E-state index contributed by atoms with van der Waals surface area (Å²) in [6, 6.07) is 7.74. The maximum absolute atomic E-state index is 12.8. The second-order valence-corrected chi connectivity index (χ2v) is 24.2. The van der Waals surface area contributed by atoms with Crippen LogP contribution in [0.2, 0.25) is 37.8 Å². The molecule has 270 valence electrons. The number of allylic oxidation sites excluding steroid dienone is 2.